The van der Waals surface area contributed by atoms with Crippen molar-refractivity contribution in [3.63, 3.8) is 0 Å². The van der Waals surface area contributed by atoms with Crippen LogP contribution in [0.1, 0.15) is 41.5 Å². The fourth-order valence-electron chi connectivity index (χ4n) is 4.86. The molecule has 1 heterocycles. The van der Waals surface area contributed by atoms with E-state index in [2.05, 4.69) is 15.0 Å². The standard InChI is InChI=1S/C34H36N4O4S/c39-33(18-13-26-11-16-31(17-12-26)43(41,42)37-30-14-15-30)38(25-29-9-5-2-6-10-29)32(23-27-7-3-1-4-8-27)34(40)36-24-28-19-21-35-22-20-28/h1-12,16-17,19-22,30,32,37H,13-15,18,23-25H2,(H,36,40)/t32-/m0/s1. The number of carbonyl (C=O) groups is 2. The predicted octanol–water partition coefficient (Wildman–Crippen LogP) is 4.41. The van der Waals surface area contributed by atoms with Gasteiger partial charge in [0.05, 0.1) is 4.90 Å². The molecule has 5 rings (SSSR count). The minimum Gasteiger partial charge on any atom is -0.350 e. The van der Waals surface area contributed by atoms with Crippen LogP contribution in [0.4, 0.5) is 0 Å². The predicted molar refractivity (Wildman–Crippen MR) is 165 cm³/mol. The van der Waals surface area contributed by atoms with Crippen LogP contribution in [0.15, 0.2) is 114 Å². The number of nitrogens with one attached hydrogen (secondary N) is 2. The van der Waals surface area contributed by atoms with Gasteiger partial charge in [-0.15, -0.1) is 0 Å². The molecule has 0 saturated heterocycles. The van der Waals surface area contributed by atoms with Crippen molar-refractivity contribution >= 4 is 21.8 Å². The summed E-state index contributed by atoms with van der Waals surface area (Å²) in [5, 5.41) is 3.03. The molecule has 1 aliphatic carbocycles. The van der Waals surface area contributed by atoms with Crippen LogP contribution in [0.2, 0.25) is 0 Å². The van der Waals surface area contributed by atoms with Crippen LogP contribution >= 0.6 is 0 Å². The Morgan fingerprint density at radius 3 is 2.05 bits per heavy atom. The van der Waals surface area contributed by atoms with Gasteiger partial charge in [-0.1, -0.05) is 72.8 Å². The van der Waals surface area contributed by atoms with E-state index < -0.39 is 16.1 Å². The van der Waals surface area contributed by atoms with Crippen molar-refractivity contribution in [2.75, 3.05) is 0 Å². The summed E-state index contributed by atoms with van der Waals surface area (Å²) >= 11 is 0. The summed E-state index contributed by atoms with van der Waals surface area (Å²) in [6.45, 7) is 0.606. The second-order valence-corrected chi connectivity index (χ2v) is 12.5. The maximum Gasteiger partial charge on any atom is 0.243 e. The molecule has 1 atom stereocenters. The van der Waals surface area contributed by atoms with E-state index in [-0.39, 0.29) is 35.7 Å². The summed E-state index contributed by atoms with van der Waals surface area (Å²) < 4.78 is 27.8. The molecule has 1 aliphatic rings. The lowest BCUT2D eigenvalue weighted by atomic mass is 10.0. The maximum atomic E-state index is 13.9. The summed E-state index contributed by atoms with van der Waals surface area (Å²) in [5.41, 5.74) is 3.64. The molecule has 1 saturated carbocycles. The number of amides is 2. The number of carbonyl (C=O) groups excluding carboxylic acids is 2. The van der Waals surface area contributed by atoms with Gasteiger partial charge in [0.2, 0.25) is 21.8 Å². The second kappa shape index (κ2) is 14.2. The Balaban J connectivity index is 1.34. The van der Waals surface area contributed by atoms with Gasteiger partial charge < -0.3 is 10.2 Å². The van der Waals surface area contributed by atoms with Gasteiger partial charge in [-0.05, 0) is 65.8 Å². The first-order valence-electron chi connectivity index (χ1n) is 14.5. The lowest BCUT2D eigenvalue weighted by molar-refractivity contribution is -0.141. The Morgan fingerprint density at radius 1 is 0.791 bits per heavy atom. The summed E-state index contributed by atoms with van der Waals surface area (Å²) in [4.78, 5) is 33.6. The molecule has 0 radical (unpaired) electrons. The van der Waals surface area contributed by atoms with Gasteiger partial charge in [0, 0.05) is 44.4 Å². The molecule has 2 N–H and O–H groups in total. The number of aryl methyl sites for hydroxylation is 1. The molecule has 0 bridgehead atoms. The van der Waals surface area contributed by atoms with Crippen LogP contribution < -0.4 is 10.0 Å². The molecule has 0 spiro atoms. The Bertz CT molecular complexity index is 1590. The summed E-state index contributed by atoms with van der Waals surface area (Å²) in [7, 11) is -3.54. The van der Waals surface area contributed by atoms with Crippen molar-refractivity contribution in [1.29, 1.82) is 0 Å². The molecule has 3 aromatic carbocycles. The van der Waals surface area contributed by atoms with Crippen LogP contribution in [0, 0.1) is 0 Å². The van der Waals surface area contributed by atoms with Gasteiger partial charge in [-0.3, -0.25) is 14.6 Å². The number of rotatable bonds is 14. The molecule has 0 aliphatic heterocycles. The van der Waals surface area contributed by atoms with Crippen molar-refractivity contribution in [3.05, 3.63) is 132 Å². The van der Waals surface area contributed by atoms with E-state index in [1.807, 2.05) is 72.8 Å². The lowest BCUT2D eigenvalue weighted by Crippen LogP contribution is -2.50. The summed E-state index contributed by atoms with van der Waals surface area (Å²) in [5.74, 6) is -0.390. The number of pyridine rings is 1. The van der Waals surface area contributed by atoms with E-state index in [1.54, 1.807) is 41.6 Å². The van der Waals surface area contributed by atoms with Crippen molar-refractivity contribution < 1.29 is 18.0 Å². The van der Waals surface area contributed by atoms with E-state index in [1.165, 1.54) is 0 Å². The van der Waals surface area contributed by atoms with Gasteiger partial charge in [0.15, 0.2) is 0 Å². The Labute approximate surface area is 253 Å². The minimum absolute atomic E-state index is 0.0311. The molecule has 2 amide bonds. The van der Waals surface area contributed by atoms with Crippen LogP contribution in [0.25, 0.3) is 0 Å². The van der Waals surface area contributed by atoms with Crippen LogP contribution in [-0.2, 0) is 45.5 Å². The van der Waals surface area contributed by atoms with Crippen molar-refractivity contribution in [2.24, 2.45) is 0 Å². The second-order valence-electron chi connectivity index (χ2n) is 10.8. The highest BCUT2D eigenvalue weighted by Gasteiger charge is 2.30. The summed E-state index contributed by atoms with van der Waals surface area (Å²) in [6, 6.07) is 29.0. The number of sulfonamides is 1. The highest BCUT2D eigenvalue weighted by Crippen LogP contribution is 2.23. The lowest BCUT2D eigenvalue weighted by Gasteiger charge is -2.31. The Hall–Kier alpha value is -4.34. The number of hydrogen-bond donors (Lipinski definition) is 2. The van der Waals surface area contributed by atoms with Gasteiger partial charge >= 0.3 is 0 Å². The molecule has 9 heteroatoms. The quantitative estimate of drug-likeness (QED) is 0.224. The molecule has 0 unspecified atom stereocenters. The zero-order valence-corrected chi connectivity index (χ0v) is 24.7. The molecule has 4 aromatic rings. The molecule has 43 heavy (non-hydrogen) atoms. The topological polar surface area (TPSA) is 108 Å². The highest BCUT2D eigenvalue weighted by molar-refractivity contribution is 7.89. The average molecular weight is 597 g/mol. The largest absolute Gasteiger partial charge is 0.350 e. The average Bonchev–Trinajstić information content (AvgIpc) is 3.85. The maximum absolute atomic E-state index is 13.9. The van der Waals surface area contributed by atoms with Gasteiger partial charge in [0.25, 0.3) is 0 Å². The van der Waals surface area contributed by atoms with Crippen molar-refractivity contribution in [1.82, 2.24) is 19.9 Å². The van der Waals surface area contributed by atoms with Crippen molar-refractivity contribution in [3.8, 4) is 0 Å². The number of aromatic nitrogens is 1. The molecule has 1 fully saturated rings. The molecule has 8 nitrogen and oxygen atoms in total. The SMILES string of the molecule is O=C(NCc1ccncc1)[C@H](Cc1ccccc1)N(Cc1ccccc1)C(=O)CCc1ccc(S(=O)(=O)NC2CC2)cc1. The van der Waals surface area contributed by atoms with E-state index in [0.717, 1.165) is 35.1 Å². The smallest absolute Gasteiger partial charge is 0.243 e. The van der Waals surface area contributed by atoms with Crippen LogP contribution in [0.5, 0.6) is 0 Å². The molecular weight excluding hydrogens is 560 g/mol. The third-order valence-electron chi connectivity index (χ3n) is 7.44. The van der Waals surface area contributed by atoms with Gasteiger partial charge in [-0.2, -0.15) is 0 Å². The number of nitrogens with zero attached hydrogens (tertiary/aromatic N) is 2. The van der Waals surface area contributed by atoms with Crippen LogP contribution in [0.3, 0.4) is 0 Å². The van der Waals surface area contributed by atoms with Crippen LogP contribution in [-0.4, -0.2) is 42.2 Å². The zero-order chi connectivity index (χ0) is 30.1. The summed E-state index contributed by atoms with van der Waals surface area (Å²) in [6.07, 6.45) is 6.04. The Morgan fingerprint density at radius 2 is 1.42 bits per heavy atom. The minimum atomic E-state index is -3.54. The van der Waals surface area contributed by atoms with E-state index >= 15 is 0 Å². The van der Waals surface area contributed by atoms with Gasteiger partial charge in [0.1, 0.15) is 6.04 Å². The molecular formula is C34H36N4O4S. The third kappa shape index (κ3) is 8.83. The van der Waals surface area contributed by atoms with E-state index in [0.29, 0.717) is 19.4 Å². The molecule has 222 valence electrons. The highest BCUT2D eigenvalue weighted by atomic mass is 32.2. The van der Waals surface area contributed by atoms with Crippen molar-refractivity contribution in [2.45, 2.75) is 62.2 Å². The third-order valence-corrected chi connectivity index (χ3v) is 8.98. The zero-order valence-electron chi connectivity index (χ0n) is 23.9. The Kier molecular flexibility index (Phi) is 9.96. The fraction of sp³-hybridized carbons (Fsp3) is 0.265. The molecule has 1 aromatic heterocycles. The first kappa shape index (κ1) is 30.1. The van der Waals surface area contributed by atoms with E-state index in [4.69, 9.17) is 0 Å². The van der Waals surface area contributed by atoms with E-state index in [9.17, 15) is 18.0 Å². The number of hydrogen-bond acceptors (Lipinski definition) is 5. The first-order valence-corrected chi connectivity index (χ1v) is 16.0. The van der Waals surface area contributed by atoms with Gasteiger partial charge in [-0.25, -0.2) is 13.1 Å². The first-order chi connectivity index (χ1) is 20.9. The normalized spacial score (nSPS) is 13.7. The number of benzene rings is 3. The monoisotopic (exact) mass is 596 g/mol. The fourth-order valence-corrected chi connectivity index (χ4v) is 6.17.